The molecule has 218 valence electrons. The van der Waals surface area contributed by atoms with Crippen LogP contribution in [-0.2, 0) is 16.6 Å². The van der Waals surface area contributed by atoms with Gasteiger partial charge in [-0.2, -0.15) is 4.31 Å². The van der Waals surface area contributed by atoms with E-state index in [1.807, 2.05) is 43.3 Å². The third kappa shape index (κ3) is 5.50. The Kier molecular flexibility index (Phi) is 7.83. The quantitative estimate of drug-likeness (QED) is 0.184. The van der Waals surface area contributed by atoms with Gasteiger partial charge in [0.2, 0.25) is 0 Å². The Morgan fingerprint density at radius 2 is 1.27 bits per heavy atom. The summed E-state index contributed by atoms with van der Waals surface area (Å²) in [6.07, 6.45) is 1.70. The van der Waals surface area contributed by atoms with E-state index in [0.717, 1.165) is 9.87 Å². The third-order valence-corrected chi connectivity index (χ3v) is 8.97. The van der Waals surface area contributed by atoms with Crippen LogP contribution in [0, 0.1) is 6.92 Å². The van der Waals surface area contributed by atoms with Gasteiger partial charge in [-0.3, -0.25) is 14.2 Å². The van der Waals surface area contributed by atoms with Crippen molar-refractivity contribution in [3.8, 4) is 5.75 Å². The lowest BCUT2D eigenvalue weighted by molar-refractivity contribution is 0.0962. The summed E-state index contributed by atoms with van der Waals surface area (Å²) in [6, 6.07) is 37.6. The van der Waals surface area contributed by atoms with Crippen molar-refractivity contribution in [2.75, 3.05) is 4.31 Å². The lowest BCUT2D eigenvalue weighted by Crippen LogP contribution is -2.37. The van der Waals surface area contributed by atoms with Crippen molar-refractivity contribution in [2.24, 2.45) is 0 Å². The number of carbonyl (C=O) groups is 2. The highest BCUT2D eigenvalue weighted by atomic mass is 32.2. The van der Waals surface area contributed by atoms with Gasteiger partial charge >= 0.3 is 0 Å². The number of hydrogen-bond acceptors (Lipinski definition) is 5. The summed E-state index contributed by atoms with van der Waals surface area (Å²) < 4.78 is 37.0. The van der Waals surface area contributed by atoms with Gasteiger partial charge in [0, 0.05) is 28.8 Å². The van der Waals surface area contributed by atoms with Crippen molar-refractivity contribution < 1.29 is 22.7 Å². The molecule has 1 aromatic heterocycles. The number of carbonyl (C=O) groups excluding carboxylic acids is 2. The molecule has 0 aliphatic rings. The number of amides is 1. The van der Waals surface area contributed by atoms with E-state index in [0.29, 0.717) is 22.0 Å². The van der Waals surface area contributed by atoms with E-state index >= 15 is 0 Å². The van der Waals surface area contributed by atoms with Crippen LogP contribution in [0.25, 0.3) is 10.9 Å². The summed E-state index contributed by atoms with van der Waals surface area (Å²) in [5, 5.41) is 0.573. The van der Waals surface area contributed by atoms with Crippen LogP contribution in [0.3, 0.4) is 0 Å². The van der Waals surface area contributed by atoms with Gasteiger partial charge in [0.05, 0.1) is 16.1 Å². The van der Waals surface area contributed by atoms with Crippen molar-refractivity contribution in [2.45, 2.75) is 18.4 Å². The normalized spacial score (nSPS) is 11.3. The minimum atomic E-state index is -4.36. The smallest absolute Gasteiger partial charge is 0.272 e. The maximum absolute atomic E-state index is 14.2. The number of aryl methyl sites for hydroxylation is 1. The zero-order chi connectivity index (χ0) is 30.7. The molecule has 44 heavy (non-hydrogen) atoms. The molecule has 0 bridgehead atoms. The predicted octanol–water partition coefficient (Wildman–Crippen LogP) is 7.25. The molecule has 0 aliphatic carbocycles. The van der Waals surface area contributed by atoms with Gasteiger partial charge < -0.3 is 4.74 Å². The fraction of sp³-hybridized carbons (Fsp3) is 0.0556. The highest BCUT2D eigenvalue weighted by Crippen LogP contribution is 2.38. The second kappa shape index (κ2) is 12.0. The fourth-order valence-corrected chi connectivity index (χ4v) is 6.49. The molecule has 8 heteroatoms. The molecule has 0 unspecified atom stereocenters. The van der Waals surface area contributed by atoms with Crippen molar-refractivity contribution >= 4 is 38.4 Å². The SMILES string of the molecule is Cc1cn(C(=O)c2ccccc2)c2c(OCc3ccccc3)cc(N(C(=O)c3ccccc3)S(=O)(=O)c3ccccc3)cc12. The summed E-state index contributed by atoms with van der Waals surface area (Å²) >= 11 is 0. The molecule has 0 saturated carbocycles. The van der Waals surface area contributed by atoms with Crippen molar-refractivity contribution in [1.82, 2.24) is 4.57 Å². The molecule has 0 radical (unpaired) electrons. The molecule has 0 fully saturated rings. The molecule has 5 aromatic carbocycles. The number of benzene rings is 5. The molecule has 1 heterocycles. The monoisotopic (exact) mass is 600 g/mol. The van der Waals surface area contributed by atoms with E-state index in [2.05, 4.69) is 0 Å². The second-order valence-electron chi connectivity index (χ2n) is 10.2. The first-order valence-corrected chi connectivity index (χ1v) is 15.4. The number of aromatic nitrogens is 1. The average molecular weight is 601 g/mol. The van der Waals surface area contributed by atoms with E-state index in [-0.39, 0.29) is 34.4 Å². The van der Waals surface area contributed by atoms with Gasteiger partial charge in [0.25, 0.3) is 21.8 Å². The molecule has 6 aromatic rings. The number of ether oxygens (including phenoxy) is 1. The molecular weight excluding hydrogens is 572 g/mol. The highest BCUT2D eigenvalue weighted by molar-refractivity contribution is 7.93. The van der Waals surface area contributed by atoms with Gasteiger partial charge in [-0.05, 0) is 60.5 Å². The summed E-state index contributed by atoms with van der Waals surface area (Å²) in [7, 11) is -4.36. The first kappa shape index (κ1) is 28.6. The largest absolute Gasteiger partial charge is 0.487 e. The Morgan fingerprint density at radius 3 is 1.89 bits per heavy atom. The van der Waals surface area contributed by atoms with Crippen LogP contribution < -0.4 is 9.04 Å². The lowest BCUT2D eigenvalue weighted by atomic mass is 10.1. The Hall–Kier alpha value is -5.47. The molecule has 1 amide bonds. The topological polar surface area (TPSA) is 85.7 Å². The van der Waals surface area contributed by atoms with Crippen LogP contribution in [0.4, 0.5) is 5.69 Å². The van der Waals surface area contributed by atoms with Crippen LogP contribution in [0.15, 0.2) is 145 Å². The predicted molar refractivity (Wildman–Crippen MR) is 170 cm³/mol. The molecule has 0 spiro atoms. The van der Waals surface area contributed by atoms with Crippen LogP contribution in [-0.4, -0.2) is 24.8 Å². The zero-order valence-electron chi connectivity index (χ0n) is 23.8. The second-order valence-corrected chi connectivity index (χ2v) is 12.0. The minimum absolute atomic E-state index is 0.0373. The summed E-state index contributed by atoms with van der Waals surface area (Å²) in [4.78, 5) is 27.7. The molecule has 6 rings (SSSR count). The molecule has 0 aliphatic heterocycles. The Labute approximate surface area is 255 Å². The number of rotatable bonds is 8. The Balaban J connectivity index is 1.57. The van der Waals surface area contributed by atoms with Crippen LogP contribution in [0.5, 0.6) is 5.75 Å². The molecular formula is C36H28N2O5S. The summed E-state index contributed by atoms with van der Waals surface area (Å²) in [5.74, 6) is -0.733. The van der Waals surface area contributed by atoms with E-state index in [1.54, 1.807) is 85.1 Å². The maximum Gasteiger partial charge on any atom is 0.272 e. The van der Waals surface area contributed by atoms with Crippen LogP contribution in [0.2, 0.25) is 0 Å². The van der Waals surface area contributed by atoms with Crippen molar-refractivity contribution in [1.29, 1.82) is 0 Å². The van der Waals surface area contributed by atoms with Gasteiger partial charge in [0.15, 0.2) is 0 Å². The molecule has 0 N–H and O–H groups in total. The first-order valence-electron chi connectivity index (χ1n) is 14.0. The maximum atomic E-state index is 14.2. The van der Waals surface area contributed by atoms with Gasteiger partial charge in [-0.1, -0.05) is 84.9 Å². The van der Waals surface area contributed by atoms with Crippen LogP contribution >= 0.6 is 0 Å². The third-order valence-electron chi connectivity index (χ3n) is 7.25. The minimum Gasteiger partial charge on any atom is -0.487 e. The van der Waals surface area contributed by atoms with Crippen molar-refractivity contribution in [3.63, 3.8) is 0 Å². The summed E-state index contributed by atoms with van der Waals surface area (Å²) in [6.45, 7) is 1.98. The summed E-state index contributed by atoms with van der Waals surface area (Å²) in [5.41, 5.74) is 2.83. The lowest BCUT2D eigenvalue weighted by Gasteiger charge is -2.24. The van der Waals surface area contributed by atoms with Crippen LogP contribution in [0.1, 0.15) is 31.8 Å². The number of anilines is 1. The highest BCUT2D eigenvalue weighted by Gasteiger charge is 2.33. The van der Waals surface area contributed by atoms with E-state index in [1.165, 1.54) is 22.8 Å². The zero-order valence-corrected chi connectivity index (χ0v) is 24.6. The van der Waals surface area contributed by atoms with E-state index < -0.39 is 15.9 Å². The molecule has 0 atom stereocenters. The van der Waals surface area contributed by atoms with Gasteiger partial charge in [0.1, 0.15) is 12.4 Å². The van der Waals surface area contributed by atoms with E-state index in [9.17, 15) is 18.0 Å². The number of nitrogens with zero attached hydrogens (tertiary/aromatic N) is 2. The van der Waals surface area contributed by atoms with Crippen molar-refractivity contribution in [3.05, 3.63) is 162 Å². The Morgan fingerprint density at radius 1 is 0.727 bits per heavy atom. The fourth-order valence-electron chi connectivity index (χ4n) is 5.07. The van der Waals surface area contributed by atoms with Gasteiger partial charge in [-0.25, -0.2) is 8.42 Å². The standard InChI is InChI=1S/C36H28N2O5S/c1-26-24-37(35(39)28-16-8-3-9-17-28)34-32(26)22-30(23-33(34)43-25-27-14-6-2-7-15-27)38(36(40)29-18-10-4-11-19-29)44(41,42)31-20-12-5-13-21-31/h2-24H,25H2,1H3. The molecule has 0 saturated heterocycles. The Bertz CT molecular complexity index is 2060. The first-order chi connectivity index (χ1) is 21.3. The number of fused-ring (bicyclic) bond motifs is 1. The average Bonchev–Trinajstić information content (AvgIpc) is 3.41. The number of sulfonamides is 1. The van der Waals surface area contributed by atoms with Gasteiger partial charge in [-0.15, -0.1) is 0 Å². The van der Waals surface area contributed by atoms with E-state index in [4.69, 9.17) is 4.74 Å². The molecule has 7 nitrogen and oxygen atoms in total. The number of hydrogen-bond donors (Lipinski definition) is 0.